The van der Waals surface area contributed by atoms with Crippen molar-refractivity contribution in [1.82, 2.24) is 5.43 Å². The summed E-state index contributed by atoms with van der Waals surface area (Å²) < 4.78 is 18.9. The third-order valence-electron chi connectivity index (χ3n) is 2.88. The quantitative estimate of drug-likeness (QED) is 0.652. The lowest BCUT2D eigenvalue weighted by Gasteiger charge is -2.08. The highest BCUT2D eigenvalue weighted by atomic mass is 35.5. The molecule has 0 radical (unpaired) electrons. The first kappa shape index (κ1) is 17.2. The van der Waals surface area contributed by atoms with Crippen LogP contribution in [-0.2, 0) is 4.79 Å². The molecule has 2 aromatic carbocycles. The van der Waals surface area contributed by atoms with Crippen LogP contribution in [-0.4, -0.2) is 18.7 Å². The minimum atomic E-state index is -0.525. The average molecular weight is 355 g/mol. The standard InChI is InChI=1S/C16H13Cl2FN2O2/c1-10-7-11(17)5-6-15(10)23-9-16(22)21-20-8-12-13(18)3-2-4-14(12)19/h2-8H,9H2,1H3,(H,21,22)/b20-8+. The van der Waals surface area contributed by atoms with E-state index in [1.54, 1.807) is 18.2 Å². The van der Waals surface area contributed by atoms with E-state index >= 15 is 0 Å². The van der Waals surface area contributed by atoms with E-state index in [4.69, 9.17) is 27.9 Å². The molecule has 0 heterocycles. The lowest BCUT2D eigenvalue weighted by atomic mass is 10.2. The molecule has 4 nitrogen and oxygen atoms in total. The van der Waals surface area contributed by atoms with Crippen LogP contribution in [0.3, 0.4) is 0 Å². The largest absolute Gasteiger partial charge is 0.483 e. The van der Waals surface area contributed by atoms with Gasteiger partial charge in [0.2, 0.25) is 0 Å². The summed E-state index contributed by atoms with van der Waals surface area (Å²) in [7, 11) is 0. The summed E-state index contributed by atoms with van der Waals surface area (Å²) >= 11 is 11.7. The molecular weight excluding hydrogens is 342 g/mol. The minimum Gasteiger partial charge on any atom is -0.483 e. The summed E-state index contributed by atoms with van der Waals surface area (Å²) in [6.45, 7) is 1.59. The number of benzene rings is 2. The highest BCUT2D eigenvalue weighted by Gasteiger charge is 2.06. The van der Waals surface area contributed by atoms with Gasteiger partial charge in [-0.05, 0) is 42.8 Å². The van der Waals surface area contributed by atoms with Gasteiger partial charge in [0.1, 0.15) is 11.6 Å². The van der Waals surface area contributed by atoms with Crippen molar-refractivity contribution in [2.45, 2.75) is 6.92 Å². The van der Waals surface area contributed by atoms with Gasteiger partial charge in [-0.3, -0.25) is 4.79 Å². The van der Waals surface area contributed by atoms with Crippen LogP contribution in [0, 0.1) is 12.7 Å². The predicted octanol–water partition coefficient (Wildman–Crippen LogP) is 3.97. The van der Waals surface area contributed by atoms with Gasteiger partial charge in [-0.1, -0.05) is 29.3 Å². The minimum absolute atomic E-state index is 0.101. The summed E-state index contributed by atoms with van der Waals surface area (Å²) in [4.78, 5) is 11.7. The lowest BCUT2D eigenvalue weighted by Crippen LogP contribution is -2.24. The first-order valence-electron chi connectivity index (χ1n) is 6.62. The Morgan fingerprint density at radius 1 is 1.35 bits per heavy atom. The monoisotopic (exact) mass is 354 g/mol. The first-order chi connectivity index (χ1) is 11.0. The van der Waals surface area contributed by atoms with Crippen molar-refractivity contribution in [3.8, 4) is 5.75 Å². The molecule has 1 amide bonds. The molecule has 7 heteroatoms. The van der Waals surface area contributed by atoms with Crippen molar-refractivity contribution in [3.63, 3.8) is 0 Å². The smallest absolute Gasteiger partial charge is 0.277 e. The summed E-state index contributed by atoms with van der Waals surface area (Å²) in [5, 5.41) is 4.46. The molecule has 1 N–H and O–H groups in total. The van der Waals surface area contributed by atoms with E-state index < -0.39 is 11.7 Å². The molecule has 0 unspecified atom stereocenters. The Labute approximate surface area is 142 Å². The average Bonchev–Trinajstić information content (AvgIpc) is 2.49. The summed E-state index contributed by atoms with van der Waals surface area (Å²) in [6.07, 6.45) is 1.14. The molecule has 0 spiro atoms. The Hall–Kier alpha value is -2.11. The van der Waals surface area contributed by atoms with Crippen molar-refractivity contribution in [2.24, 2.45) is 5.10 Å². The Morgan fingerprint density at radius 3 is 2.83 bits per heavy atom. The normalized spacial score (nSPS) is 10.8. The first-order valence-corrected chi connectivity index (χ1v) is 7.38. The Morgan fingerprint density at radius 2 is 2.13 bits per heavy atom. The number of nitrogens with one attached hydrogen (secondary N) is 1. The SMILES string of the molecule is Cc1cc(Cl)ccc1OCC(=O)N/N=C/c1c(F)cccc1Cl. The zero-order valence-corrected chi connectivity index (χ0v) is 13.7. The number of halogens is 3. The van der Waals surface area contributed by atoms with E-state index in [0.29, 0.717) is 10.8 Å². The van der Waals surface area contributed by atoms with Crippen LogP contribution < -0.4 is 10.2 Å². The molecule has 0 bridgehead atoms. The molecule has 2 aromatic rings. The molecule has 23 heavy (non-hydrogen) atoms. The van der Waals surface area contributed by atoms with Crippen molar-refractivity contribution in [2.75, 3.05) is 6.61 Å². The van der Waals surface area contributed by atoms with Gasteiger partial charge in [0.05, 0.1) is 11.2 Å². The highest BCUT2D eigenvalue weighted by molar-refractivity contribution is 6.33. The Balaban J connectivity index is 1.89. The zero-order valence-electron chi connectivity index (χ0n) is 12.1. The van der Waals surface area contributed by atoms with Gasteiger partial charge < -0.3 is 4.74 Å². The number of hydrazone groups is 1. The maximum absolute atomic E-state index is 13.5. The van der Waals surface area contributed by atoms with Gasteiger partial charge in [-0.2, -0.15) is 5.10 Å². The van der Waals surface area contributed by atoms with Crippen LogP contribution in [0.15, 0.2) is 41.5 Å². The zero-order chi connectivity index (χ0) is 16.8. The maximum atomic E-state index is 13.5. The topological polar surface area (TPSA) is 50.7 Å². The summed E-state index contributed by atoms with van der Waals surface area (Å²) in [6, 6.07) is 9.33. The van der Waals surface area contributed by atoms with Gasteiger partial charge >= 0.3 is 0 Å². The number of carbonyl (C=O) groups excluding carboxylic acids is 1. The van der Waals surface area contributed by atoms with Crippen LogP contribution in [0.4, 0.5) is 4.39 Å². The molecule has 0 aliphatic heterocycles. The Kier molecular flexibility index (Phi) is 5.96. The number of hydrogen-bond acceptors (Lipinski definition) is 3. The van der Waals surface area contributed by atoms with Crippen LogP contribution in [0.25, 0.3) is 0 Å². The molecule has 2 rings (SSSR count). The molecule has 0 atom stereocenters. The van der Waals surface area contributed by atoms with Crippen LogP contribution >= 0.6 is 23.2 Å². The third kappa shape index (κ3) is 4.94. The van der Waals surface area contributed by atoms with E-state index in [2.05, 4.69) is 10.5 Å². The third-order valence-corrected chi connectivity index (χ3v) is 3.44. The van der Waals surface area contributed by atoms with Crippen molar-refractivity contribution < 1.29 is 13.9 Å². The van der Waals surface area contributed by atoms with Gasteiger partial charge in [0.25, 0.3) is 5.91 Å². The molecule has 0 aromatic heterocycles. The fourth-order valence-electron chi connectivity index (χ4n) is 1.75. The Bertz CT molecular complexity index is 731. The number of carbonyl (C=O) groups is 1. The van der Waals surface area contributed by atoms with Crippen LogP contribution in [0.2, 0.25) is 10.0 Å². The highest BCUT2D eigenvalue weighted by Crippen LogP contribution is 2.21. The van der Waals surface area contributed by atoms with Crippen LogP contribution in [0.5, 0.6) is 5.75 Å². The molecule has 0 saturated carbocycles. The number of hydrogen-bond donors (Lipinski definition) is 1. The van der Waals surface area contributed by atoms with Crippen molar-refractivity contribution in [1.29, 1.82) is 0 Å². The second-order valence-corrected chi connectivity index (χ2v) is 5.47. The van der Waals surface area contributed by atoms with E-state index in [1.165, 1.54) is 18.2 Å². The summed E-state index contributed by atoms with van der Waals surface area (Å²) in [5.41, 5.74) is 3.15. The van der Waals surface area contributed by atoms with Crippen molar-refractivity contribution in [3.05, 3.63) is 63.4 Å². The molecule has 0 aliphatic rings. The number of amides is 1. The van der Waals surface area contributed by atoms with Gasteiger partial charge in [-0.15, -0.1) is 0 Å². The van der Waals surface area contributed by atoms with Gasteiger partial charge in [0.15, 0.2) is 6.61 Å². The maximum Gasteiger partial charge on any atom is 0.277 e. The molecular formula is C16H13Cl2FN2O2. The molecule has 0 saturated heterocycles. The van der Waals surface area contributed by atoms with E-state index in [9.17, 15) is 9.18 Å². The second kappa shape index (κ2) is 7.94. The van der Waals surface area contributed by atoms with E-state index in [1.807, 2.05) is 6.92 Å². The fraction of sp³-hybridized carbons (Fsp3) is 0.125. The number of nitrogens with zero attached hydrogens (tertiary/aromatic N) is 1. The van der Waals surface area contributed by atoms with E-state index in [-0.39, 0.29) is 17.2 Å². The predicted molar refractivity (Wildman–Crippen MR) is 88.8 cm³/mol. The lowest BCUT2D eigenvalue weighted by molar-refractivity contribution is -0.123. The number of aryl methyl sites for hydroxylation is 1. The molecule has 0 fully saturated rings. The number of ether oxygens (including phenoxy) is 1. The van der Waals surface area contributed by atoms with Crippen molar-refractivity contribution >= 4 is 35.3 Å². The molecule has 0 aliphatic carbocycles. The molecule has 120 valence electrons. The van der Waals surface area contributed by atoms with Gasteiger partial charge in [-0.25, -0.2) is 9.82 Å². The van der Waals surface area contributed by atoms with E-state index in [0.717, 1.165) is 11.8 Å². The summed E-state index contributed by atoms with van der Waals surface area (Å²) in [5.74, 6) is -0.461. The second-order valence-electron chi connectivity index (χ2n) is 4.63. The number of rotatable bonds is 5. The van der Waals surface area contributed by atoms with Crippen LogP contribution in [0.1, 0.15) is 11.1 Å². The van der Waals surface area contributed by atoms with Gasteiger partial charge in [0, 0.05) is 10.6 Å². The fourth-order valence-corrected chi connectivity index (χ4v) is 2.19.